The number of fused-ring (bicyclic) bond motifs is 1. The van der Waals surface area contributed by atoms with Crippen molar-refractivity contribution in [3.8, 4) is 0 Å². The molecule has 3 aromatic carbocycles. The number of halogens is 4. The third-order valence-electron chi connectivity index (χ3n) is 5.62. The maximum absolute atomic E-state index is 13.6. The standard InChI is InChI=1S/C26H22F4N2O3S/c1-36(34,35)16-18-5-6-21(23(12-18)26(28,29)30)14-31-25(33)20-7-8-24-19(13-20)9-10-32(24)15-17-3-2-4-22(27)11-17/h2-13H,14-16H2,1H3,(H,31,33). The minimum absolute atomic E-state index is 0.0214. The van der Waals surface area contributed by atoms with Gasteiger partial charge in [-0.15, -0.1) is 0 Å². The van der Waals surface area contributed by atoms with Crippen LogP contribution in [0.5, 0.6) is 0 Å². The lowest BCUT2D eigenvalue weighted by atomic mass is 10.0. The molecule has 1 heterocycles. The molecule has 0 aliphatic heterocycles. The monoisotopic (exact) mass is 518 g/mol. The molecule has 36 heavy (non-hydrogen) atoms. The molecule has 0 spiro atoms. The van der Waals surface area contributed by atoms with E-state index in [1.807, 2.05) is 10.8 Å². The van der Waals surface area contributed by atoms with Gasteiger partial charge < -0.3 is 9.88 Å². The summed E-state index contributed by atoms with van der Waals surface area (Å²) in [4.78, 5) is 12.7. The van der Waals surface area contributed by atoms with E-state index >= 15 is 0 Å². The predicted octanol–water partition coefficient (Wildman–Crippen LogP) is 5.32. The molecule has 4 aromatic rings. The molecule has 5 nitrogen and oxygen atoms in total. The van der Waals surface area contributed by atoms with Crippen LogP contribution in [0.15, 0.2) is 72.9 Å². The number of sulfone groups is 1. The zero-order valence-electron chi connectivity index (χ0n) is 19.1. The number of aromatic nitrogens is 1. The van der Waals surface area contributed by atoms with Gasteiger partial charge in [-0.25, -0.2) is 12.8 Å². The second kappa shape index (κ2) is 9.77. The predicted molar refractivity (Wildman–Crippen MR) is 129 cm³/mol. The van der Waals surface area contributed by atoms with Crippen molar-refractivity contribution in [1.82, 2.24) is 9.88 Å². The molecule has 0 atom stereocenters. The van der Waals surface area contributed by atoms with Gasteiger partial charge in [0.25, 0.3) is 5.91 Å². The minimum atomic E-state index is -4.71. The van der Waals surface area contributed by atoms with Gasteiger partial charge in [-0.2, -0.15) is 13.2 Å². The normalized spacial score (nSPS) is 12.1. The summed E-state index contributed by atoms with van der Waals surface area (Å²) in [5.41, 5.74) is 0.722. The number of hydrogen-bond acceptors (Lipinski definition) is 3. The van der Waals surface area contributed by atoms with Crippen LogP contribution in [0.4, 0.5) is 17.6 Å². The number of amides is 1. The molecule has 1 amide bonds. The van der Waals surface area contributed by atoms with Gasteiger partial charge in [0, 0.05) is 42.0 Å². The molecular formula is C26H22F4N2O3S. The molecule has 4 rings (SSSR count). The van der Waals surface area contributed by atoms with Gasteiger partial charge in [-0.3, -0.25) is 4.79 Å². The van der Waals surface area contributed by atoms with E-state index in [2.05, 4.69) is 5.32 Å². The van der Waals surface area contributed by atoms with Crippen molar-refractivity contribution < 1.29 is 30.8 Å². The second-order valence-corrected chi connectivity index (χ2v) is 10.7. The van der Waals surface area contributed by atoms with Gasteiger partial charge in [0.05, 0.1) is 11.3 Å². The highest BCUT2D eigenvalue weighted by molar-refractivity contribution is 7.89. The van der Waals surface area contributed by atoms with E-state index in [9.17, 15) is 30.8 Å². The van der Waals surface area contributed by atoms with Crippen LogP contribution in [0.1, 0.15) is 32.6 Å². The van der Waals surface area contributed by atoms with E-state index in [1.165, 1.54) is 24.3 Å². The molecule has 0 radical (unpaired) electrons. The van der Waals surface area contributed by atoms with E-state index in [-0.39, 0.29) is 29.1 Å². The van der Waals surface area contributed by atoms with Gasteiger partial charge in [0.1, 0.15) is 5.82 Å². The first-order chi connectivity index (χ1) is 16.9. The summed E-state index contributed by atoms with van der Waals surface area (Å²) in [7, 11) is -3.51. The zero-order valence-corrected chi connectivity index (χ0v) is 20.0. The fourth-order valence-corrected chi connectivity index (χ4v) is 4.81. The topological polar surface area (TPSA) is 68.2 Å². The molecule has 0 fully saturated rings. The van der Waals surface area contributed by atoms with Gasteiger partial charge in [0.2, 0.25) is 0 Å². The Balaban J connectivity index is 1.50. The van der Waals surface area contributed by atoms with Crippen molar-refractivity contribution in [2.45, 2.75) is 25.0 Å². The summed E-state index contributed by atoms with van der Waals surface area (Å²) in [5.74, 6) is -1.40. The Morgan fingerprint density at radius 3 is 2.44 bits per heavy atom. The average molecular weight is 519 g/mol. The molecular weight excluding hydrogens is 496 g/mol. The molecule has 0 aliphatic carbocycles. The summed E-state index contributed by atoms with van der Waals surface area (Å²) in [6, 6.07) is 16.3. The number of carbonyl (C=O) groups excluding carboxylic acids is 1. The van der Waals surface area contributed by atoms with Gasteiger partial charge >= 0.3 is 6.18 Å². The lowest BCUT2D eigenvalue weighted by molar-refractivity contribution is -0.138. The summed E-state index contributed by atoms with van der Waals surface area (Å²) in [5, 5.41) is 3.26. The van der Waals surface area contributed by atoms with Gasteiger partial charge in [0.15, 0.2) is 9.84 Å². The van der Waals surface area contributed by atoms with Crippen LogP contribution < -0.4 is 5.32 Å². The molecule has 1 N–H and O–H groups in total. The fourth-order valence-electron chi connectivity index (χ4n) is 4.02. The van der Waals surface area contributed by atoms with Crippen molar-refractivity contribution in [3.63, 3.8) is 0 Å². The summed E-state index contributed by atoms with van der Waals surface area (Å²) < 4.78 is 79.0. The SMILES string of the molecule is CS(=O)(=O)Cc1ccc(CNC(=O)c2ccc3c(ccn3Cc3cccc(F)c3)c2)c(C(F)(F)F)c1. The Bertz CT molecular complexity index is 1540. The molecule has 0 unspecified atom stereocenters. The van der Waals surface area contributed by atoms with Crippen LogP contribution in [-0.2, 0) is 34.9 Å². The molecule has 0 saturated carbocycles. The highest BCUT2D eigenvalue weighted by atomic mass is 32.2. The Morgan fingerprint density at radius 2 is 1.75 bits per heavy atom. The first kappa shape index (κ1) is 25.4. The van der Waals surface area contributed by atoms with Crippen LogP contribution in [0, 0.1) is 5.82 Å². The quantitative estimate of drug-likeness (QED) is 0.337. The van der Waals surface area contributed by atoms with Crippen LogP contribution in [0.3, 0.4) is 0 Å². The molecule has 0 bridgehead atoms. The van der Waals surface area contributed by atoms with E-state index in [4.69, 9.17) is 0 Å². The lowest BCUT2D eigenvalue weighted by Crippen LogP contribution is -2.24. The summed E-state index contributed by atoms with van der Waals surface area (Å²) in [6.07, 6.45) is -1.96. The van der Waals surface area contributed by atoms with Crippen molar-refractivity contribution >= 4 is 26.6 Å². The van der Waals surface area contributed by atoms with Crippen molar-refractivity contribution in [3.05, 3.63) is 107 Å². The Morgan fingerprint density at radius 1 is 0.972 bits per heavy atom. The summed E-state index contributed by atoms with van der Waals surface area (Å²) >= 11 is 0. The highest BCUT2D eigenvalue weighted by Crippen LogP contribution is 2.33. The molecule has 0 aliphatic rings. The van der Waals surface area contributed by atoms with Crippen molar-refractivity contribution in [2.75, 3.05) is 6.26 Å². The Hall–Kier alpha value is -3.66. The smallest absolute Gasteiger partial charge is 0.348 e. The minimum Gasteiger partial charge on any atom is -0.348 e. The number of alkyl halides is 3. The number of nitrogens with one attached hydrogen (secondary N) is 1. The fraction of sp³-hybridized carbons (Fsp3) is 0.192. The van der Waals surface area contributed by atoms with Gasteiger partial charge in [-0.1, -0.05) is 24.3 Å². The highest BCUT2D eigenvalue weighted by Gasteiger charge is 2.33. The molecule has 188 valence electrons. The molecule has 1 aromatic heterocycles. The lowest BCUT2D eigenvalue weighted by Gasteiger charge is -2.15. The number of carbonyl (C=O) groups is 1. The number of nitrogens with zero attached hydrogens (tertiary/aromatic N) is 1. The van der Waals surface area contributed by atoms with Crippen molar-refractivity contribution in [1.29, 1.82) is 0 Å². The number of rotatable bonds is 7. The van der Waals surface area contributed by atoms with Crippen LogP contribution in [0.2, 0.25) is 0 Å². The first-order valence-corrected chi connectivity index (χ1v) is 12.9. The van der Waals surface area contributed by atoms with Crippen LogP contribution in [-0.4, -0.2) is 25.1 Å². The van der Waals surface area contributed by atoms with Gasteiger partial charge in [-0.05, 0) is 59.2 Å². The van der Waals surface area contributed by atoms with E-state index < -0.39 is 33.2 Å². The van der Waals surface area contributed by atoms with Crippen molar-refractivity contribution in [2.24, 2.45) is 0 Å². The second-order valence-electron chi connectivity index (χ2n) is 8.59. The van der Waals surface area contributed by atoms with Crippen LogP contribution in [0.25, 0.3) is 10.9 Å². The number of hydrogen-bond donors (Lipinski definition) is 1. The van der Waals surface area contributed by atoms with E-state index in [0.29, 0.717) is 6.54 Å². The molecule has 0 saturated heterocycles. The maximum Gasteiger partial charge on any atom is 0.416 e. The molecule has 10 heteroatoms. The average Bonchev–Trinajstić information content (AvgIpc) is 3.18. The largest absolute Gasteiger partial charge is 0.416 e. The Labute approximate surface area is 205 Å². The zero-order chi connectivity index (χ0) is 26.1. The third-order valence-corrected chi connectivity index (χ3v) is 6.48. The van der Waals surface area contributed by atoms with E-state index in [0.717, 1.165) is 28.8 Å². The third kappa shape index (κ3) is 6.12. The Kier molecular flexibility index (Phi) is 6.90. The van der Waals surface area contributed by atoms with E-state index in [1.54, 1.807) is 36.4 Å². The maximum atomic E-state index is 13.6. The summed E-state index contributed by atoms with van der Waals surface area (Å²) in [6.45, 7) is 0.0494. The van der Waals surface area contributed by atoms with Crippen LogP contribution >= 0.6 is 0 Å². The first-order valence-electron chi connectivity index (χ1n) is 10.9. The number of benzene rings is 3.